The van der Waals surface area contributed by atoms with Gasteiger partial charge in [0.1, 0.15) is 0 Å². The zero-order valence-electron chi connectivity index (χ0n) is 13.1. The van der Waals surface area contributed by atoms with Crippen LogP contribution < -0.4 is 5.32 Å². The lowest BCUT2D eigenvalue weighted by Gasteiger charge is -2.31. The molecule has 3 rings (SSSR count). The number of hydrogen-bond acceptors (Lipinski definition) is 3. The molecule has 0 radical (unpaired) electrons. The summed E-state index contributed by atoms with van der Waals surface area (Å²) in [6.45, 7) is 1.66. The molecule has 120 valence electrons. The number of aliphatic hydroxyl groups is 1. The Bertz CT molecular complexity index is 493. The molecule has 0 aliphatic heterocycles. The lowest BCUT2D eigenvalue weighted by Crippen LogP contribution is -2.45. The van der Waals surface area contributed by atoms with Gasteiger partial charge in [0.05, 0.1) is 12.1 Å². The maximum Gasteiger partial charge on any atom is 0.234 e. The Balaban J connectivity index is 1.62. The zero-order valence-corrected chi connectivity index (χ0v) is 13.1. The SMILES string of the molecule is O=C(CN(Cc1ccccc1)CC1(O)CCCC1)NC1CC1. The monoisotopic (exact) mass is 302 g/mol. The fourth-order valence-corrected chi connectivity index (χ4v) is 3.32. The van der Waals surface area contributed by atoms with Crippen LogP contribution in [0.2, 0.25) is 0 Å². The third-order valence-electron chi connectivity index (χ3n) is 4.61. The van der Waals surface area contributed by atoms with Crippen LogP contribution in [-0.2, 0) is 11.3 Å². The van der Waals surface area contributed by atoms with E-state index in [-0.39, 0.29) is 5.91 Å². The predicted octanol–water partition coefficient (Wildman–Crippen LogP) is 2.07. The molecule has 4 heteroatoms. The minimum absolute atomic E-state index is 0.0834. The van der Waals surface area contributed by atoms with Crippen LogP contribution in [0.3, 0.4) is 0 Å². The third-order valence-corrected chi connectivity index (χ3v) is 4.61. The molecule has 0 bridgehead atoms. The van der Waals surface area contributed by atoms with E-state index in [1.165, 1.54) is 5.56 Å². The number of carbonyl (C=O) groups excluding carboxylic acids is 1. The van der Waals surface area contributed by atoms with Gasteiger partial charge < -0.3 is 10.4 Å². The molecule has 1 aromatic carbocycles. The highest BCUT2D eigenvalue weighted by molar-refractivity contribution is 5.78. The number of nitrogens with one attached hydrogen (secondary N) is 1. The summed E-state index contributed by atoms with van der Waals surface area (Å²) in [4.78, 5) is 14.2. The summed E-state index contributed by atoms with van der Waals surface area (Å²) in [6, 6.07) is 10.6. The smallest absolute Gasteiger partial charge is 0.234 e. The van der Waals surface area contributed by atoms with Crippen LogP contribution in [0.25, 0.3) is 0 Å². The first-order valence-corrected chi connectivity index (χ1v) is 8.41. The van der Waals surface area contributed by atoms with E-state index in [2.05, 4.69) is 22.3 Å². The van der Waals surface area contributed by atoms with Gasteiger partial charge in [-0.1, -0.05) is 43.2 Å². The molecule has 0 atom stereocenters. The first-order valence-electron chi connectivity index (χ1n) is 8.41. The molecule has 4 nitrogen and oxygen atoms in total. The van der Waals surface area contributed by atoms with E-state index in [1.807, 2.05) is 18.2 Å². The lowest BCUT2D eigenvalue weighted by atomic mass is 10.0. The molecule has 0 saturated heterocycles. The third kappa shape index (κ3) is 4.55. The van der Waals surface area contributed by atoms with Gasteiger partial charge in [0.15, 0.2) is 0 Å². The van der Waals surface area contributed by atoms with Gasteiger partial charge in [-0.3, -0.25) is 9.69 Å². The van der Waals surface area contributed by atoms with Crippen molar-refractivity contribution in [3.05, 3.63) is 35.9 Å². The van der Waals surface area contributed by atoms with Gasteiger partial charge >= 0.3 is 0 Å². The largest absolute Gasteiger partial charge is 0.389 e. The van der Waals surface area contributed by atoms with E-state index in [4.69, 9.17) is 0 Å². The van der Waals surface area contributed by atoms with Crippen LogP contribution in [0.1, 0.15) is 44.1 Å². The van der Waals surface area contributed by atoms with Crippen molar-refractivity contribution in [3.8, 4) is 0 Å². The molecule has 22 heavy (non-hydrogen) atoms. The molecule has 2 saturated carbocycles. The van der Waals surface area contributed by atoms with E-state index in [0.29, 0.717) is 25.7 Å². The second kappa shape index (κ2) is 6.80. The number of carbonyl (C=O) groups is 1. The van der Waals surface area contributed by atoms with Crippen molar-refractivity contribution >= 4 is 5.91 Å². The Morgan fingerprint density at radius 3 is 2.55 bits per heavy atom. The van der Waals surface area contributed by atoms with Crippen LogP contribution in [0.5, 0.6) is 0 Å². The van der Waals surface area contributed by atoms with Gasteiger partial charge in [-0.25, -0.2) is 0 Å². The quantitative estimate of drug-likeness (QED) is 0.811. The van der Waals surface area contributed by atoms with Crippen LogP contribution in [0.4, 0.5) is 0 Å². The van der Waals surface area contributed by atoms with Gasteiger partial charge in [0.2, 0.25) is 5.91 Å². The first-order chi connectivity index (χ1) is 10.6. The summed E-state index contributed by atoms with van der Waals surface area (Å²) < 4.78 is 0. The molecule has 1 amide bonds. The minimum atomic E-state index is -0.616. The van der Waals surface area contributed by atoms with E-state index in [1.54, 1.807) is 0 Å². The molecular weight excluding hydrogens is 276 g/mol. The summed E-state index contributed by atoms with van der Waals surface area (Å²) in [5.74, 6) is 0.0834. The number of amides is 1. The molecule has 0 unspecified atom stereocenters. The summed E-state index contributed by atoms with van der Waals surface area (Å²) >= 11 is 0. The molecule has 2 N–H and O–H groups in total. The molecule has 0 spiro atoms. The number of rotatable bonds is 7. The van der Waals surface area contributed by atoms with Crippen molar-refractivity contribution in [2.24, 2.45) is 0 Å². The van der Waals surface area contributed by atoms with Crippen molar-refractivity contribution in [2.45, 2.75) is 56.7 Å². The Hall–Kier alpha value is -1.39. The van der Waals surface area contributed by atoms with E-state index in [0.717, 1.165) is 38.5 Å². The minimum Gasteiger partial charge on any atom is -0.389 e. The normalized spacial score (nSPS) is 20.3. The predicted molar refractivity (Wildman–Crippen MR) is 86.3 cm³/mol. The Labute approximate surface area is 132 Å². The van der Waals surface area contributed by atoms with Crippen LogP contribution in [0, 0.1) is 0 Å². The molecule has 2 aliphatic rings. The fourth-order valence-electron chi connectivity index (χ4n) is 3.32. The van der Waals surface area contributed by atoms with E-state index in [9.17, 15) is 9.90 Å². The van der Waals surface area contributed by atoms with Crippen molar-refractivity contribution in [3.63, 3.8) is 0 Å². The van der Waals surface area contributed by atoms with Crippen molar-refractivity contribution in [2.75, 3.05) is 13.1 Å². The van der Waals surface area contributed by atoms with E-state index < -0.39 is 5.60 Å². The van der Waals surface area contributed by atoms with Crippen molar-refractivity contribution in [1.29, 1.82) is 0 Å². The highest BCUT2D eigenvalue weighted by atomic mass is 16.3. The maximum absolute atomic E-state index is 12.1. The zero-order chi connectivity index (χ0) is 15.4. The summed E-state index contributed by atoms with van der Waals surface area (Å²) in [5.41, 5.74) is 0.567. The van der Waals surface area contributed by atoms with Crippen LogP contribution in [-0.4, -0.2) is 40.6 Å². The van der Waals surface area contributed by atoms with Gasteiger partial charge in [-0.05, 0) is 31.2 Å². The van der Waals surface area contributed by atoms with Gasteiger partial charge in [-0.2, -0.15) is 0 Å². The molecule has 2 aliphatic carbocycles. The topological polar surface area (TPSA) is 52.6 Å². The second-order valence-corrected chi connectivity index (χ2v) is 6.90. The van der Waals surface area contributed by atoms with Gasteiger partial charge in [0.25, 0.3) is 0 Å². The molecular formula is C18H26N2O2. The molecule has 1 aromatic rings. The Kier molecular flexibility index (Phi) is 4.79. The first kappa shape index (κ1) is 15.5. The summed E-state index contributed by atoms with van der Waals surface area (Å²) in [6.07, 6.45) is 6.09. The summed E-state index contributed by atoms with van der Waals surface area (Å²) in [7, 11) is 0. The Morgan fingerprint density at radius 1 is 1.23 bits per heavy atom. The van der Waals surface area contributed by atoms with Crippen LogP contribution >= 0.6 is 0 Å². The lowest BCUT2D eigenvalue weighted by molar-refractivity contribution is -0.123. The summed E-state index contributed by atoms with van der Waals surface area (Å²) in [5, 5.41) is 13.7. The average Bonchev–Trinajstić information content (AvgIpc) is 3.19. The Morgan fingerprint density at radius 2 is 1.91 bits per heavy atom. The maximum atomic E-state index is 12.1. The second-order valence-electron chi connectivity index (χ2n) is 6.90. The fraction of sp³-hybridized carbons (Fsp3) is 0.611. The standard InChI is InChI=1S/C18H26N2O2/c21-17(19-16-8-9-16)13-20(12-15-6-2-1-3-7-15)14-18(22)10-4-5-11-18/h1-3,6-7,16,22H,4-5,8-14H2,(H,19,21). The number of nitrogens with zero attached hydrogens (tertiary/aromatic N) is 1. The van der Waals surface area contributed by atoms with E-state index >= 15 is 0 Å². The van der Waals surface area contributed by atoms with Crippen LogP contribution in [0.15, 0.2) is 30.3 Å². The average molecular weight is 302 g/mol. The number of benzene rings is 1. The van der Waals surface area contributed by atoms with Gasteiger partial charge in [-0.15, -0.1) is 0 Å². The number of hydrogen-bond donors (Lipinski definition) is 2. The van der Waals surface area contributed by atoms with Crippen molar-refractivity contribution < 1.29 is 9.90 Å². The highest BCUT2D eigenvalue weighted by Crippen LogP contribution is 2.30. The van der Waals surface area contributed by atoms with Gasteiger partial charge in [0, 0.05) is 19.1 Å². The highest BCUT2D eigenvalue weighted by Gasteiger charge is 2.34. The molecule has 0 aromatic heterocycles. The molecule has 0 heterocycles. The van der Waals surface area contributed by atoms with Crippen molar-refractivity contribution in [1.82, 2.24) is 10.2 Å². The molecule has 2 fully saturated rings.